The van der Waals surface area contributed by atoms with Crippen LogP contribution in [0.25, 0.3) is 0 Å². The van der Waals surface area contributed by atoms with Gasteiger partial charge in [0, 0.05) is 0 Å². The van der Waals surface area contributed by atoms with Gasteiger partial charge in [-0.1, -0.05) is 161 Å². The van der Waals surface area contributed by atoms with E-state index in [9.17, 15) is 26.7 Å². The van der Waals surface area contributed by atoms with E-state index in [0.717, 1.165) is 19.3 Å². The van der Waals surface area contributed by atoms with Crippen molar-refractivity contribution in [3.63, 3.8) is 0 Å². The van der Waals surface area contributed by atoms with Crippen LogP contribution in [0.5, 0.6) is 0 Å². The highest BCUT2D eigenvalue weighted by Gasteiger charge is 2.45. The molecule has 0 aliphatic rings. The molecule has 0 saturated carbocycles. The van der Waals surface area contributed by atoms with E-state index in [2.05, 4.69) is 11.3 Å². The van der Waals surface area contributed by atoms with Crippen molar-refractivity contribution < 1.29 is 26.7 Å². The number of unbranched alkanes of at least 4 members (excludes halogenated alkanes) is 24. The molecule has 0 saturated heterocycles. The molecule has 0 unspecified atom stereocenters. The molecule has 0 spiro atoms. The second-order valence-electron chi connectivity index (χ2n) is 10.6. The SMILES string of the molecule is CCCCCCCCCCCCCCCCCCCCCCCCCCC/C([O-])=N/S(=O)(=O)C(F)(F)F. The van der Waals surface area contributed by atoms with E-state index in [0.29, 0.717) is 12.8 Å². The van der Waals surface area contributed by atoms with Gasteiger partial charge in [0.25, 0.3) is 0 Å². The van der Waals surface area contributed by atoms with Gasteiger partial charge in [-0.15, -0.1) is 0 Å². The van der Waals surface area contributed by atoms with Gasteiger partial charge in [0.2, 0.25) is 0 Å². The van der Waals surface area contributed by atoms with Gasteiger partial charge in [0.1, 0.15) is 0 Å². The summed E-state index contributed by atoms with van der Waals surface area (Å²) in [6.07, 6.45) is 31.3. The van der Waals surface area contributed by atoms with Crippen LogP contribution in [-0.2, 0) is 10.0 Å². The minimum Gasteiger partial charge on any atom is -0.861 e. The van der Waals surface area contributed by atoms with Crippen molar-refractivity contribution in [3.05, 3.63) is 0 Å². The molecule has 0 heterocycles. The highest BCUT2D eigenvalue weighted by atomic mass is 32.2. The first-order valence-electron chi connectivity index (χ1n) is 15.3. The fourth-order valence-electron chi connectivity index (χ4n) is 4.65. The monoisotopic (exact) mass is 554 g/mol. The van der Waals surface area contributed by atoms with Crippen molar-refractivity contribution >= 4 is 15.9 Å². The predicted molar refractivity (Wildman–Crippen MR) is 148 cm³/mol. The van der Waals surface area contributed by atoms with E-state index in [1.165, 1.54) is 128 Å². The van der Waals surface area contributed by atoms with Gasteiger partial charge >= 0.3 is 15.5 Å². The standard InChI is InChI=1S/C29H56F3NO3S/c1-2-3-4-5-6-7-8-9-10-11-12-13-14-15-16-17-18-19-20-21-22-23-24-25-26-27-28(34)33-37(35,36)29(30,31)32/h2-27H2,1H3,(H,33,34)/p-1. The largest absolute Gasteiger partial charge is 0.861 e. The number of sulfonamides is 1. The maximum absolute atomic E-state index is 12.2. The summed E-state index contributed by atoms with van der Waals surface area (Å²) in [6.45, 7) is 2.27. The Morgan fingerprint density at radius 2 is 0.784 bits per heavy atom. The maximum atomic E-state index is 12.2. The third-order valence-electron chi connectivity index (χ3n) is 7.01. The second-order valence-corrected chi connectivity index (χ2v) is 12.2. The first kappa shape index (κ1) is 36.2. The number of halogens is 3. The summed E-state index contributed by atoms with van der Waals surface area (Å²) in [4.78, 5) is 0. The van der Waals surface area contributed by atoms with Crippen LogP contribution in [0.2, 0.25) is 0 Å². The number of rotatable bonds is 27. The van der Waals surface area contributed by atoms with Gasteiger partial charge < -0.3 is 5.11 Å². The van der Waals surface area contributed by atoms with Crippen molar-refractivity contribution in [3.8, 4) is 0 Å². The molecule has 8 heteroatoms. The first-order chi connectivity index (χ1) is 17.7. The fourth-order valence-corrected chi connectivity index (χ4v) is 5.11. The minimum absolute atomic E-state index is 0.255. The van der Waals surface area contributed by atoms with E-state index in [-0.39, 0.29) is 6.42 Å². The van der Waals surface area contributed by atoms with Crippen LogP contribution in [0.4, 0.5) is 13.2 Å². The van der Waals surface area contributed by atoms with Gasteiger partial charge in [0.05, 0.1) is 0 Å². The Morgan fingerprint density at radius 3 is 1.03 bits per heavy atom. The lowest BCUT2D eigenvalue weighted by Gasteiger charge is -2.11. The predicted octanol–water partition coefficient (Wildman–Crippen LogP) is 9.76. The lowest BCUT2D eigenvalue weighted by Crippen LogP contribution is -2.26. The summed E-state index contributed by atoms with van der Waals surface area (Å²) in [5.41, 5.74) is -5.51. The van der Waals surface area contributed by atoms with Crippen molar-refractivity contribution in [2.75, 3.05) is 0 Å². The molecule has 222 valence electrons. The minimum atomic E-state index is -5.70. The molecular formula is C29H55F3NO3S-. The summed E-state index contributed by atoms with van der Waals surface area (Å²) in [7, 11) is -5.70. The second kappa shape index (κ2) is 24.3. The Labute approximate surface area is 226 Å². The Balaban J connectivity index is 3.28. The van der Waals surface area contributed by atoms with Gasteiger partial charge in [-0.05, 0) is 18.7 Å². The van der Waals surface area contributed by atoms with Gasteiger partial charge in [-0.2, -0.15) is 26.0 Å². The zero-order chi connectivity index (χ0) is 27.7. The van der Waals surface area contributed by atoms with Crippen LogP contribution >= 0.6 is 0 Å². The first-order valence-corrected chi connectivity index (χ1v) is 16.7. The molecule has 0 aliphatic heterocycles. The van der Waals surface area contributed by atoms with Crippen molar-refractivity contribution in [2.45, 2.75) is 179 Å². The highest BCUT2D eigenvalue weighted by Crippen LogP contribution is 2.24. The Bertz CT molecular complexity index is 637. The summed E-state index contributed by atoms with van der Waals surface area (Å²) in [5, 5.41) is 11.3. The Kier molecular flexibility index (Phi) is 23.7. The molecule has 0 N–H and O–H groups in total. The van der Waals surface area contributed by atoms with Crippen molar-refractivity contribution in [1.82, 2.24) is 0 Å². The molecule has 4 nitrogen and oxygen atoms in total. The Hall–Kier alpha value is -0.790. The van der Waals surface area contributed by atoms with E-state index in [1.807, 2.05) is 0 Å². The van der Waals surface area contributed by atoms with Crippen LogP contribution in [0.1, 0.15) is 174 Å². The Morgan fingerprint density at radius 1 is 0.541 bits per heavy atom. The average Bonchev–Trinajstić information content (AvgIpc) is 2.83. The molecule has 0 aromatic heterocycles. The smallest absolute Gasteiger partial charge is 0.518 e. The van der Waals surface area contributed by atoms with Crippen LogP contribution in [0, 0.1) is 0 Å². The average molecular weight is 555 g/mol. The molecule has 0 amide bonds. The zero-order valence-corrected chi connectivity index (χ0v) is 24.4. The number of nitrogens with zero attached hydrogens (tertiary/aromatic N) is 1. The number of hydrogen-bond acceptors (Lipinski definition) is 3. The maximum Gasteiger partial charge on any atom is 0.518 e. The molecule has 0 aliphatic carbocycles. The molecule has 0 aromatic carbocycles. The van der Waals surface area contributed by atoms with Crippen LogP contribution in [-0.4, -0.2) is 19.8 Å². The molecule has 37 heavy (non-hydrogen) atoms. The molecule has 0 rings (SSSR count). The van der Waals surface area contributed by atoms with Gasteiger partial charge in [-0.25, -0.2) is 0 Å². The van der Waals surface area contributed by atoms with Crippen molar-refractivity contribution in [1.29, 1.82) is 0 Å². The lowest BCUT2D eigenvalue weighted by atomic mass is 10.0. The van der Waals surface area contributed by atoms with E-state index in [4.69, 9.17) is 0 Å². The number of hydrogen-bond donors (Lipinski definition) is 0. The molecule has 0 atom stereocenters. The van der Waals surface area contributed by atoms with E-state index >= 15 is 0 Å². The van der Waals surface area contributed by atoms with Crippen LogP contribution in [0.15, 0.2) is 4.40 Å². The van der Waals surface area contributed by atoms with E-state index in [1.54, 1.807) is 0 Å². The van der Waals surface area contributed by atoms with Crippen LogP contribution in [0.3, 0.4) is 0 Å². The summed E-state index contributed by atoms with van der Waals surface area (Å²) >= 11 is 0. The molecule has 0 fully saturated rings. The lowest BCUT2D eigenvalue weighted by molar-refractivity contribution is -0.218. The molecule has 0 radical (unpaired) electrons. The third kappa shape index (κ3) is 24.0. The molecule has 0 bridgehead atoms. The van der Waals surface area contributed by atoms with Crippen molar-refractivity contribution in [2.24, 2.45) is 4.40 Å². The van der Waals surface area contributed by atoms with Crippen LogP contribution < -0.4 is 5.11 Å². The molecular weight excluding hydrogens is 499 g/mol. The zero-order valence-electron chi connectivity index (χ0n) is 23.6. The topological polar surface area (TPSA) is 69.6 Å². The summed E-state index contributed by atoms with van der Waals surface area (Å²) < 4.78 is 60.4. The molecule has 0 aromatic rings. The quantitative estimate of drug-likeness (QED) is 0.0576. The summed E-state index contributed by atoms with van der Waals surface area (Å²) in [6, 6.07) is 0. The van der Waals surface area contributed by atoms with Gasteiger partial charge in [-0.3, -0.25) is 0 Å². The normalized spacial score (nSPS) is 12.9. The van der Waals surface area contributed by atoms with Gasteiger partial charge in [0.15, 0.2) is 0 Å². The van der Waals surface area contributed by atoms with E-state index < -0.39 is 21.4 Å². The fraction of sp³-hybridized carbons (Fsp3) is 0.966. The highest BCUT2D eigenvalue weighted by molar-refractivity contribution is 7.91. The number of alkyl halides is 3. The summed E-state index contributed by atoms with van der Waals surface area (Å²) in [5.74, 6) is -1.22. The third-order valence-corrected chi connectivity index (χ3v) is 8.04.